The van der Waals surface area contributed by atoms with Crippen molar-refractivity contribution in [1.82, 2.24) is 9.80 Å². The number of carbonyl (C=O) groups excluding carboxylic acids is 2. The number of benzene rings is 1. The second kappa shape index (κ2) is 8.54. The van der Waals surface area contributed by atoms with Gasteiger partial charge in [0.15, 0.2) is 0 Å². The van der Waals surface area contributed by atoms with Crippen LogP contribution in [0.15, 0.2) is 18.2 Å². The highest BCUT2D eigenvalue weighted by molar-refractivity contribution is 5.82. The maximum atomic E-state index is 12.8. The molecular weight excluding hydrogens is 332 g/mol. The average Bonchev–Trinajstić information content (AvgIpc) is 3.05. The number of hydrogen-bond donors (Lipinski definition) is 0. The van der Waals surface area contributed by atoms with Gasteiger partial charge in [-0.15, -0.1) is 0 Å². The van der Waals surface area contributed by atoms with E-state index >= 15 is 0 Å². The van der Waals surface area contributed by atoms with Gasteiger partial charge in [0.2, 0.25) is 5.91 Å². The first-order valence-corrected chi connectivity index (χ1v) is 9.40. The highest BCUT2D eigenvalue weighted by atomic mass is 16.5. The van der Waals surface area contributed by atoms with E-state index in [-0.39, 0.29) is 17.9 Å². The molecule has 0 aliphatic carbocycles. The Hall–Kier alpha value is -2.08. The van der Waals surface area contributed by atoms with E-state index in [9.17, 15) is 9.59 Å². The van der Waals surface area contributed by atoms with E-state index in [1.54, 1.807) is 7.11 Å². The predicted molar refractivity (Wildman–Crippen MR) is 98.2 cm³/mol. The smallest absolute Gasteiger partial charge is 0.251 e. The van der Waals surface area contributed by atoms with Gasteiger partial charge in [-0.3, -0.25) is 9.59 Å². The Labute approximate surface area is 155 Å². The molecule has 2 saturated heterocycles. The highest BCUT2D eigenvalue weighted by Gasteiger charge is 2.30. The van der Waals surface area contributed by atoms with Crippen molar-refractivity contribution < 1.29 is 19.1 Å². The minimum absolute atomic E-state index is 0.0807. The van der Waals surface area contributed by atoms with Crippen molar-refractivity contribution in [2.24, 2.45) is 0 Å². The third kappa shape index (κ3) is 4.36. The Bertz CT molecular complexity index is 655. The van der Waals surface area contributed by atoms with Gasteiger partial charge in [0, 0.05) is 38.3 Å². The number of aryl methyl sites for hydroxylation is 1. The van der Waals surface area contributed by atoms with Gasteiger partial charge in [-0.05, 0) is 32.3 Å². The Morgan fingerprint density at radius 1 is 1.15 bits per heavy atom. The van der Waals surface area contributed by atoms with Crippen molar-refractivity contribution in [1.29, 1.82) is 0 Å². The standard InChI is InChI=1S/C20H28N2O4/c1-15-6-7-17(25-2)16(13-15)14-19(23)21-8-4-9-22(11-10-21)20(24)18-5-3-12-26-18/h6-7,13,18H,3-5,8-12,14H2,1-2H3. The summed E-state index contributed by atoms with van der Waals surface area (Å²) in [5.41, 5.74) is 2.02. The molecule has 3 rings (SSSR count). The molecule has 0 radical (unpaired) electrons. The maximum Gasteiger partial charge on any atom is 0.251 e. The van der Waals surface area contributed by atoms with Crippen LogP contribution in [0.4, 0.5) is 0 Å². The highest BCUT2D eigenvalue weighted by Crippen LogP contribution is 2.21. The normalized spacial score (nSPS) is 20.8. The third-order valence-corrected chi connectivity index (χ3v) is 5.14. The zero-order chi connectivity index (χ0) is 18.5. The van der Waals surface area contributed by atoms with E-state index in [2.05, 4.69) is 0 Å². The van der Waals surface area contributed by atoms with E-state index in [1.807, 2.05) is 34.9 Å². The molecule has 2 aliphatic heterocycles. The van der Waals surface area contributed by atoms with Crippen LogP contribution in [0.1, 0.15) is 30.4 Å². The second-order valence-electron chi connectivity index (χ2n) is 7.05. The lowest BCUT2D eigenvalue weighted by molar-refractivity contribution is -0.141. The molecule has 0 N–H and O–H groups in total. The molecule has 6 nitrogen and oxygen atoms in total. The van der Waals surface area contributed by atoms with E-state index in [0.717, 1.165) is 36.1 Å². The summed E-state index contributed by atoms with van der Waals surface area (Å²) in [4.78, 5) is 29.0. The zero-order valence-electron chi connectivity index (χ0n) is 15.7. The lowest BCUT2D eigenvalue weighted by Gasteiger charge is -2.24. The van der Waals surface area contributed by atoms with Crippen molar-refractivity contribution in [2.75, 3.05) is 39.9 Å². The summed E-state index contributed by atoms with van der Waals surface area (Å²) in [7, 11) is 1.62. The number of nitrogens with zero attached hydrogens (tertiary/aromatic N) is 2. The molecule has 26 heavy (non-hydrogen) atoms. The molecule has 142 valence electrons. The van der Waals surface area contributed by atoms with Gasteiger partial charge in [-0.2, -0.15) is 0 Å². The molecule has 0 aromatic heterocycles. The molecule has 6 heteroatoms. The molecular formula is C20H28N2O4. The summed E-state index contributed by atoms with van der Waals surface area (Å²) < 4.78 is 10.9. The number of rotatable bonds is 4. The van der Waals surface area contributed by atoms with Gasteiger partial charge in [0.05, 0.1) is 13.5 Å². The first-order chi connectivity index (χ1) is 12.6. The lowest BCUT2D eigenvalue weighted by Crippen LogP contribution is -2.42. The Kier molecular flexibility index (Phi) is 6.14. The van der Waals surface area contributed by atoms with E-state index in [4.69, 9.17) is 9.47 Å². The lowest BCUT2D eigenvalue weighted by atomic mass is 10.1. The number of carbonyl (C=O) groups is 2. The van der Waals surface area contributed by atoms with Gasteiger partial charge in [-0.25, -0.2) is 0 Å². The van der Waals surface area contributed by atoms with Crippen LogP contribution >= 0.6 is 0 Å². The topological polar surface area (TPSA) is 59.1 Å². The summed E-state index contributed by atoms with van der Waals surface area (Å²) in [6, 6.07) is 5.89. The molecule has 2 amide bonds. The fourth-order valence-corrected chi connectivity index (χ4v) is 3.68. The van der Waals surface area contributed by atoms with Crippen LogP contribution in [0.5, 0.6) is 5.75 Å². The quantitative estimate of drug-likeness (QED) is 0.821. The van der Waals surface area contributed by atoms with E-state index < -0.39 is 0 Å². The summed E-state index contributed by atoms with van der Waals surface area (Å²) in [6.07, 6.45) is 2.60. The van der Waals surface area contributed by atoms with E-state index in [0.29, 0.717) is 39.2 Å². The molecule has 0 saturated carbocycles. The zero-order valence-corrected chi connectivity index (χ0v) is 15.7. The summed E-state index contributed by atoms with van der Waals surface area (Å²) in [6.45, 7) is 5.21. The van der Waals surface area contributed by atoms with Gasteiger partial charge >= 0.3 is 0 Å². The molecule has 2 heterocycles. The third-order valence-electron chi connectivity index (χ3n) is 5.14. The van der Waals surface area contributed by atoms with Crippen molar-refractivity contribution in [3.05, 3.63) is 29.3 Å². The van der Waals surface area contributed by atoms with Crippen molar-refractivity contribution in [3.8, 4) is 5.75 Å². The summed E-state index contributed by atoms with van der Waals surface area (Å²) >= 11 is 0. The van der Waals surface area contributed by atoms with Crippen LogP contribution in [0, 0.1) is 6.92 Å². The maximum absolute atomic E-state index is 12.8. The summed E-state index contributed by atoms with van der Waals surface area (Å²) in [5.74, 6) is 0.909. The monoisotopic (exact) mass is 360 g/mol. The first kappa shape index (κ1) is 18.7. The number of amides is 2. The SMILES string of the molecule is COc1ccc(C)cc1CC(=O)N1CCCN(C(=O)C2CCCO2)CC1. The molecule has 1 aromatic rings. The summed E-state index contributed by atoms with van der Waals surface area (Å²) in [5, 5.41) is 0. The predicted octanol–water partition coefficient (Wildman–Crippen LogP) is 1.79. The van der Waals surface area contributed by atoms with Crippen LogP contribution in [0.3, 0.4) is 0 Å². The molecule has 0 spiro atoms. The molecule has 0 bridgehead atoms. The number of ether oxygens (including phenoxy) is 2. The Morgan fingerprint density at radius 3 is 2.65 bits per heavy atom. The van der Waals surface area contributed by atoms with Crippen LogP contribution in [-0.4, -0.2) is 67.6 Å². The number of hydrogen-bond acceptors (Lipinski definition) is 4. The van der Waals surface area contributed by atoms with Gasteiger partial charge in [0.25, 0.3) is 5.91 Å². The van der Waals surface area contributed by atoms with Gasteiger partial charge in [0.1, 0.15) is 11.9 Å². The fourth-order valence-electron chi connectivity index (χ4n) is 3.68. The molecule has 2 aliphatic rings. The van der Waals surface area contributed by atoms with Gasteiger partial charge in [-0.1, -0.05) is 17.7 Å². The molecule has 1 unspecified atom stereocenters. The first-order valence-electron chi connectivity index (χ1n) is 9.40. The van der Waals surface area contributed by atoms with Crippen molar-refractivity contribution in [3.63, 3.8) is 0 Å². The molecule has 2 fully saturated rings. The molecule has 1 atom stereocenters. The minimum atomic E-state index is -0.284. The Balaban J connectivity index is 1.59. The van der Waals surface area contributed by atoms with Crippen molar-refractivity contribution in [2.45, 2.75) is 38.7 Å². The fraction of sp³-hybridized carbons (Fsp3) is 0.600. The van der Waals surface area contributed by atoms with Crippen LogP contribution in [-0.2, 0) is 20.7 Å². The number of methoxy groups -OCH3 is 1. The second-order valence-corrected chi connectivity index (χ2v) is 7.05. The van der Waals surface area contributed by atoms with Crippen LogP contribution < -0.4 is 4.74 Å². The van der Waals surface area contributed by atoms with E-state index in [1.165, 1.54) is 0 Å². The largest absolute Gasteiger partial charge is 0.496 e. The van der Waals surface area contributed by atoms with Crippen molar-refractivity contribution >= 4 is 11.8 Å². The van der Waals surface area contributed by atoms with Gasteiger partial charge < -0.3 is 19.3 Å². The van der Waals surface area contributed by atoms with Crippen LogP contribution in [0.2, 0.25) is 0 Å². The molecule has 1 aromatic carbocycles. The minimum Gasteiger partial charge on any atom is -0.496 e. The average molecular weight is 360 g/mol. The Morgan fingerprint density at radius 2 is 1.92 bits per heavy atom. The van der Waals surface area contributed by atoms with Crippen LogP contribution in [0.25, 0.3) is 0 Å².